The van der Waals surface area contributed by atoms with Crippen LogP contribution in [0, 0.1) is 0 Å². The van der Waals surface area contributed by atoms with Crippen LogP contribution in [0.3, 0.4) is 0 Å². The predicted molar refractivity (Wildman–Crippen MR) is 41.0 cm³/mol. The Morgan fingerprint density at radius 2 is 0.455 bits per heavy atom. The SMILES string of the molecule is FC(F)(F)C(F)(/C=C/C(F)(C(F)(F)F)C(F)(F)F)C(F)(F)F. The third kappa shape index (κ3) is 3.39. The fourth-order valence-electron chi connectivity index (χ4n) is 0.929. The first-order valence-electron chi connectivity index (χ1n) is 4.56. The maximum absolute atomic E-state index is 12.9. The molecule has 0 amide bonds. The van der Waals surface area contributed by atoms with Crippen LogP contribution in [0.4, 0.5) is 61.5 Å². The molecular formula is C8H2F14. The van der Waals surface area contributed by atoms with Crippen molar-refractivity contribution < 1.29 is 61.5 Å². The highest BCUT2D eigenvalue weighted by molar-refractivity contribution is 5.19. The zero-order valence-corrected chi connectivity index (χ0v) is 9.45. The van der Waals surface area contributed by atoms with Gasteiger partial charge in [0.2, 0.25) is 0 Å². The number of hydrogen-bond acceptors (Lipinski definition) is 0. The molecule has 0 spiro atoms. The van der Waals surface area contributed by atoms with Gasteiger partial charge in [-0.05, 0) is 12.2 Å². The maximum atomic E-state index is 12.9. The second-order valence-electron chi connectivity index (χ2n) is 3.75. The average Bonchev–Trinajstić information content (AvgIpc) is 2.18. The van der Waals surface area contributed by atoms with Crippen LogP contribution < -0.4 is 0 Å². The summed E-state index contributed by atoms with van der Waals surface area (Å²) in [4.78, 5) is 0. The zero-order valence-electron chi connectivity index (χ0n) is 9.45. The average molecular weight is 364 g/mol. The molecule has 0 heterocycles. The fraction of sp³-hybridized carbons (Fsp3) is 0.750. The third-order valence-corrected chi connectivity index (χ3v) is 2.19. The lowest BCUT2D eigenvalue weighted by molar-refractivity contribution is -0.330. The summed E-state index contributed by atoms with van der Waals surface area (Å²) >= 11 is 0. The van der Waals surface area contributed by atoms with Gasteiger partial charge in [0.25, 0.3) is 0 Å². The van der Waals surface area contributed by atoms with Crippen molar-refractivity contribution in [3.8, 4) is 0 Å². The molecule has 0 N–H and O–H groups in total. The molecule has 0 radical (unpaired) electrons. The summed E-state index contributed by atoms with van der Waals surface area (Å²) in [6, 6.07) is 0. The minimum atomic E-state index is -6.97. The molecule has 0 aliphatic carbocycles. The lowest BCUT2D eigenvalue weighted by atomic mass is 9.98. The summed E-state index contributed by atoms with van der Waals surface area (Å²) in [6.45, 7) is 0. The molecule has 0 bridgehead atoms. The molecule has 0 atom stereocenters. The molecule has 0 aromatic heterocycles. The van der Waals surface area contributed by atoms with E-state index in [1.165, 1.54) is 0 Å². The van der Waals surface area contributed by atoms with Crippen LogP contribution in [0.15, 0.2) is 12.2 Å². The first-order valence-corrected chi connectivity index (χ1v) is 4.56. The quantitative estimate of drug-likeness (QED) is 0.466. The highest BCUT2D eigenvalue weighted by Crippen LogP contribution is 2.51. The van der Waals surface area contributed by atoms with E-state index < -0.39 is 48.2 Å². The van der Waals surface area contributed by atoms with Gasteiger partial charge in [-0.15, -0.1) is 0 Å². The standard InChI is InChI=1S/C8H2F14/c9-3(5(11,12)13,6(14,15)16)1-2-4(10,7(17,18)19)8(20,21)22/h1-2H/b2-1+. The second kappa shape index (κ2) is 5.15. The van der Waals surface area contributed by atoms with Gasteiger partial charge in [-0.1, -0.05) is 0 Å². The smallest absolute Gasteiger partial charge is 0.219 e. The Hall–Kier alpha value is -1.24. The van der Waals surface area contributed by atoms with Crippen molar-refractivity contribution in [3.63, 3.8) is 0 Å². The van der Waals surface area contributed by atoms with Crippen LogP contribution in [-0.4, -0.2) is 36.0 Å². The summed E-state index contributed by atoms with van der Waals surface area (Å²) in [5.74, 6) is 0. The molecule has 0 rings (SSSR count). The van der Waals surface area contributed by atoms with Crippen LogP contribution in [-0.2, 0) is 0 Å². The van der Waals surface area contributed by atoms with E-state index >= 15 is 0 Å². The van der Waals surface area contributed by atoms with E-state index in [9.17, 15) is 61.5 Å². The van der Waals surface area contributed by atoms with Crippen LogP contribution in [0.5, 0.6) is 0 Å². The Labute approximate surface area is 111 Å². The first-order chi connectivity index (χ1) is 9.21. The van der Waals surface area contributed by atoms with E-state index in [1.807, 2.05) is 0 Å². The maximum Gasteiger partial charge on any atom is 0.435 e. The van der Waals surface area contributed by atoms with Gasteiger partial charge in [0.1, 0.15) is 0 Å². The predicted octanol–water partition coefficient (Wildman–Crippen LogP) is 5.21. The van der Waals surface area contributed by atoms with Crippen molar-refractivity contribution in [2.24, 2.45) is 0 Å². The molecule has 0 fully saturated rings. The topological polar surface area (TPSA) is 0 Å². The summed E-state index contributed by atoms with van der Waals surface area (Å²) in [5.41, 5.74) is -13.2. The van der Waals surface area contributed by atoms with Gasteiger partial charge in [0.15, 0.2) is 0 Å². The molecule has 0 aromatic carbocycles. The number of hydrogen-bond donors (Lipinski definition) is 0. The molecular weight excluding hydrogens is 362 g/mol. The Kier molecular flexibility index (Phi) is 4.86. The Morgan fingerprint density at radius 3 is 0.545 bits per heavy atom. The Morgan fingerprint density at radius 1 is 0.318 bits per heavy atom. The van der Waals surface area contributed by atoms with Gasteiger partial charge < -0.3 is 0 Å². The van der Waals surface area contributed by atoms with Gasteiger partial charge in [-0.3, -0.25) is 0 Å². The van der Waals surface area contributed by atoms with Crippen LogP contribution in [0.25, 0.3) is 0 Å². The lowest BCUT2D eigenvalue weighted by Crippen LogP contribution is -2.55. The molecule has 0 aliphatic rings. The molecule has 0 aliphatic heterocycles. The molecule has 0 unspecified atom stereocenters. The third-order valence-electron chi connectivity index (χ3n) is 2.19. The minimum absolute atomic E-state index is 2.20. The van der Waals surface area contributed by atoms with Gasteiger partial charge >= 0.3 is 36.0 Å². The molecule has 132 valence electrons. The monoisotopic (exact) mass is 364 g/mol. The summed E-state index contributed by atoms with van der Waals surface area (Å²) in [7, 11) is 0. The van der Waals surface area contributed by atoms with E-state index in [0.29, 0.717) is 0 Å². The van der Waals surface area contributed by atoms with Gasteiger partial charge in [0, 0.05) is 0 Å². The molecule has 0 saturated carbocycles. The molecule has 14 heteroatoms. The second-order valence-corrected chi connectivity index (χ2v) is 3.75. The van der Waals surface area contributed by atoms with Crippen LogP contribution in [0.1, 0.15) is 0 Å². The zero-order chi connectivity index (χ0) is 18.4. The van der Waals surface area contributed by atoms with Gasteiger partial charge in [-0.25, -0.2) is 8.78 Å². The lowest BCUT2D eigenvalue weighted by Gasteiger charge is -2.30. The Balaban J connectivity index is 6.18. The van der Waals surface area contributed by atoms with Crippen molar-refractivity contribution in [1.82, 2.24) is 0 Å². The highest BCUT2D eigenvalue weighted by atomic mass is 19.4. The van der Waals surface area contributed by atoms with E-state index in [1.54, 1.807) is 0 Å². The van der Waals surface area contributed by atoms with E-state index in [4.69, 9.17) is 0 Å². The fourth-order valence-corrected chi connectivity index (χ4v) is 0.929. The number of rotatable bonds is 2. The van der Waals surface area contributed by atoms with E-state index in [-0.39, 0.29) is 0 Å². The highest BCUT2D eigenvalue weighted by Gasteiger charge is 2.74. The summed E-state index contributed by atoms with van der Waals surface area (Å²) in [6.07, 6.45) is -32.3. The molecule has 22 heavy (non-hydrogen) atoms. The minimum Gasteiger partial charge on any atom is -0.219 e. The van der Waals surface area contributed by atoms with E-state index in [2.05, 4.69) is 0 Å². The molecule has 0 saturated heterocycles. The van der Waals surface area contributed by atoms with Crippen molar-refractivity contribution in [2.45, 2.75) is 36.0 Å². The Bertz CT molecular complexity index is 346. The van der Waals surface area contributed by atoms with Crippen LogP contribution in [0.2, 0.25) is 0 Å². The number of halogens is 14. The normalized spacial score (nSPS) is 16.5. The van der Waals surface area contributed by atoms with Gasteiger partial charge in [-0.2, -0.15) is 52.7 Å². The van der Waals surface area contributed by atoms with Crippen molar-refractivity contribution in [3.05, 3.63) is 12.2 Å². The molecule has 0 nitrogen and oxygen atoms in total. The van der Waals surface area contributed by atoms with Crippen molar-refractivity contribution >= 4 is 0 Å². The summed E-state index contributed by atoms with van der Waals surface area (Å²) in [5, 5.41) is 0. The van der Waals surface area contributed by atoms with E-state index in [0.717, 1.165) is 0 Å². The summed E-state index contributed by atoms with van der Waals surface area (Å²) < 4.78 is 169. The number of alkyl halides is 14. The largest absolute Gasteiger partial charge is 0.435 e. The van der Waals surface area contributed by atoms with Gasteiger partial charge in [0.05, 0.1) is 0 Å². The van der Waals surface area contributed by atoms with Crippen LogP contribution >= 0.6 is 0 Å². The molecule has 0 aromatic rings. The van der Waals surface area contributed by atoms with Crippen molar-refractivity contribution in [2.75, 3.05) is 0 Å². The number of allylic oxidation sites excluding steroid dienone is 2. The first kappa shape index (κ1) is 20.8. The van der Waals surface area contributed by atoms with Crippen molar-refractivity contribution in [1.29, 1.82) is 0 Å².